The van der Waals surface area contributed by atoms with Gasteiger partial charge in [0.1, 0.15) is 17.2 Å². The number of rotatable bonds is 10. The fourth-order valence-electron chi connectivity index (χ4n) is 2.33. The standard InChI is InChI=1S/C22H26INO4/c1-4-6-7-18(5-2)24-28-22(25)16(3)26-19-12-14-21(15-13-19)27-20-10-8-17(23)9-11-20/h8-16H,4-7H2,1-3H3. The number of halogens is 1. The molecule has 0 spiro atoms. The van der Waals surface area contributed by atoms with E-state index in [1.54, 1.807) is 31.2 Å². The van der Waals surface area contributed by atoms with Gasteiger partial charge in [-0.2, -0.15) is 0 Å². The highest BCUT2D eigenvalue weighted by atomic mass is 127. The van der Waals surface area contributed by atoms with Crippen LogP contribution in [0.5, 0.6) is 17.2 Å². The van der Waals surface area contributed by atoms with Crippen molar-refractivity contribution in [1.29, 1.82) is 0 Å². The fraction of sp³-hybridized carbons (Fsp3) is 0.364. The van der Waals surface area contributed by atoms with E-state index in [4.69, 9.17) is 14.3 Å². The number of benzene rings is 2. The smallest absolute Gasteiger partial charge is 0.374 e. The van der Waals surface area contributed by atoms with Crippen molar-refractivity contribution in [3.8, 4) is 17.2 Å². The van der Waals surface area contributed by atoms with Gasteiger partial charge in [-0.1, -0.05) is 25.4 Å². The Morgan fingerprint density at radius 1 is 1.00 bits per heavy atom. The molecule has 0 aliphatic rings. The molecule has 0 aliphatic carbocycles. The van der Waals surface area contributed by atoms with Crippen LogP contribution in [-0.2, 0) is 9.63 Å². The highest BCUT2D eigenvalue weighted by Crippen LogP contribution is 2.25. The van der Waals surface area contributed by atoms with Crippen LogP contribution < -0.4 is 9.47 Å². The summed E-state index contributed by atoms with van der Waals surface area (Å²) in [5.74, 6) is 1.50. The Hall–Kier alpha value is -2.09. The van der Waals surface area contributed by atoms with Crippen LogP contribution in [0.15, 0.2) is 53.7 Å². The fourth-order valence-corrected chi connectivity index (χ4v) is 2.69. The maximum atomic E-state index is 12.1. The monoisotopic (exact) mass is 495 g/mol. The molecule has 5 nitrogen and oxygen atoms in total. The molecule has 6 heteroatoms. The first-order valence-corrected chi connectivity index (χ1v) is 10.6. The Bertz CT molecular complexity index is 772. The quantitative estimate of drug-likeness (QED) is 0.167. The Labute approximate surface area is 180 Å². The van der Waals surface area contributed by atoms with Crippen molar-refractivity contribution in [2.45, 2.75) is 52.6 Å². The van der Waals surface area contributed by atoms with E-state index >= 15 is 0 Å². The molecule has 2 aromatic carbocycles. The van der Waals surface area contributed by atoms with Crippen LogP contribution in [0.3, 0.4) is 0 Å². The maximum Gasteiger partial charge on any atom is 0.374 e. The zero-order valence-electron chi connectivity index (χ0n) is 16.5. The predicted molar refractivity (Wildman–Crippen MR) is 119 cm³/mol. The van der Waals surface area contributed by atoms with E-state index in [1.165, 1.54) is 0 Å². The highest BCUT2D eigenvalue weighted by Gasteiger charge is 2.17. The van der Waals surface area contributed by atoms with Crippen LogP contribution in [0, 0.1) is 3.57 Å². The SMILES string of the molecule is CCCCC(CC)=NOC(=O)C(C)Oc1ccc(Oc2ccc(I)cc2)cc1. The highest BCUT2D eigenvalue weighted by molar-refractivity contribution is 14.1. The first-order valence-electron chi connectivity index (χ1n) is 9.48. The summed E-state index contributed by atoms with van der Waals surface area (Å²) in [5, 5.41) is 3.98. The molecule has 28 heavy (non-hydrogen) atoms. The number of unbranched alkanes of at least 4 members (excludes halogenated alkanes) is 1. The van der Waals surface area contributed by atoms with Gasteiger partial charge >= 0.3 is 5.97 Å². The second kappa shape index (κ2) is 11.7. The number of hydrogen-bond donors (Lipinski definition) is 0. The van der Waals surface area contributed by atoms with Crippen molar-refractivity contribution >= 4 is 34.3 Å². The van der Waals surface area contributed by atoms with Crippen molar-refractivity contribution < 1.29 is 19.1 Å². The summed E-state index contributed by atoms with van der Waals surface area (Å²) < 4.78 is 12.6. The second-order valence-corrected chi connectivity index (χ2v) is 7.56. The van der Waals surface area contributed by atoms with E-state index in [2.05, 4.69) is 34.7 Å². The number of carbonyl (C=O) groups excluding carboxylic acids is 1. The van der Waals surface area contributed by atoms with E-state index in [0.29, 0.717) is 11.5 Å². The number of oxime groups is 1. The summed E-state index contributed by atoms with van der Waals surface area (Å²) in [6.07, 6.45) is 2.97. The number of nitrogens with zero attached hydrogens (tertiary/aromatic N) is 1. The van der Waals surface area contributed by atoms with E-state index in [-0.39, 0.29) is 0 Å². The molecular weight excluding hydrogens is 469 g/mol. The molecule has 1 unspecified atom stereocenters. The topological polar surface area (TPSA) is 57.1 Å². The zero-order chi connectivity index (χ0) is 20.4. The van der Waals surface area contributed by atoms with Crippen molar-refractivity contribution in [2.75, 3.05) is 0 Å². The number of carbonyl (C=O) groups is 1. The Balaban J connectivity index is 1.87. The van der Waals surface area contributed by atoms with Gasteiger partial charge in [-0.05, 0) is 97.3 Å². The van der Waals surface area contributed by atoms with Crippen LogP contribution in [0.25, 0.3) is 0 Å². The third-order valence-electron chi connectivity index (χ3n) is 4.01. The summed E-state index contributed by atoms with van der Waals surface area (Å²) in [4.78, 5) is 17.1. The van der Waals surface area contributed by atoms with Crippen LogP contribution in [0.4, 0.5) is 0 Å². The third kappa shape index (κ3) is 7.50. The van der Waals surface area contributed by atoms with Crippen LogP contribution in [0.2, 0.25) is 0 Å². The summed E-state index contributed by atoms with van der Waals surface area (Å²) >= 11 is 2.25. The van der Waals surface area contributed by atoms with Crippen molar-refractivity contribution in [3.05, 3.63) is 52.1 Å². The second-order valence-electron chi connectivity index (χ2n) is 6.31. The van der Waals surface area contributed by atoms with Crippen LogP contribution in [0.1, 0.15) is 46.5 Å². The van der Waals surface area contributed by atoms with Crippen LogP contribution >= 0.6 is 22.6 Å². The molecular formula is C22H26INO4. The molecule has 0 aliphatic heterocycles. The summed E-state index contributed by atoms with van der Waals surface area (Å²) in [6, 6.07) is 14.9. The molecule has 0 aromatic heterocycles. The number of ether oxygens (including phenoxy) is 2. The van der Waals surface area contributed by atoms with E-state index < -0.39 is 12.1 Å². The van der Waals surface area contributed by atoms with Gasteiger partial charge in [-0.3, -0.25) is 0 Å². The first-order chi connectivity index (χ1) is 13.5. The molecule has 150 valence electrons. The molecule has 2 rings (SSSR count). The zero-order valence-corrected chi connectivity index (χ0v) is 18.6. The summed E-state index contributed by atoms with van der Waals surface area (Å²) in [5.41, 5.74) is 0.888. The minimum absolute atomic E-state index is 0.512. The predicted octanol–water partition coefficient (Wildman–Crippen LogP) is 6.35. The summed E-state index contributed by atoms with van der Waals surface area (Å²) in [6.45, 7) is 5.76. The lowest BCUT2D eigenvalue weighted by molar-refractivity contribution is -0.151. The average Bonchev–Trinajstić information content (AvgIpc) is 2.71. The van der Waals surface area contributed by atoms with Gasteiger partial charge in [0.2, 0.25) is 0 Å². The molecule has 0 amide bonds. The van der Waals surface area contributed by atoms with Gasteiger partial charge in [-0.25, -0.2) is 4.79 Å². The Morgan fingerprint density at radius 2 is 1.57 bits per heavy atom. The minimum Gasteiger partial charge on any atom is -0.479 e. The molecule has 0 saturated heterocycles. The van der Waals surface area contributed by atoms with Gasteiger partial charge < -0.3 is 14.3 Å². The third-order valence-corrected chi connectivity index (χ3v) is 4.73. The molecule has 0 fully saturated rings. The Kier molecular flexibility index (Phi) is 9.27. The van der Waals surface area contributed by atoms with Crippen molar-refractivity contribution in [3.63, 3.8) is 0 Å². The van der Waals surface area contributed by atoms with E-state index in [0.717, 1.165) is 40.7 Å². The molecule has 0 N–H and O–H groups in total. The van der Waals surface area contributed by atoms with Gasteiger partial charge in [-0.15, -0.1) is 0 Å². The lowest BCUT2D eigenvalue weighted by atomic mass is 10.1. The molecule has 2 aromatic rings. The summed E-state index contributed by atoms with van der Waals surface area (Å²) in [7, 11) is 0. The normalized spacial score (nSPS) is 12.4. The molecule has 0 heterocycles. The van der Waals surface area contributed by atoms with Gasteiger partial charge in [0.25, 0.3) is 0 Å². The maximum absolute atomic E-state index is 12.1. The van der Waals surface area contributed by atoms with Gasteiger partial charge in [0.05, 0.1) is 5.71 Å². The molecule has 0 saturated carbocycles. The molecule has 1 atom stereocenters. The van der Waals surface area contributed by atoms with Crippen molar-refractivity contribution in [2.24, 2.45) is 5.16 Å². The first kappa shape index (κ1) is 22.2. The largest absolute Gasteiger partial charge is 0.479 e. The van der Waals surface area contributed by atoms with Gasteiger partial charge in [0.15, 0.2) is 6.10 Å². The lowest BCUT2D eigenvalue weighted by Crippen LogP contribution is -2.25. The molecule has 0 bridgehead atoms. The van der Waals surface area contributed by atoms with Crippen molar-refractivity contribution in [1.82, 2.24) is 0 Å². The van der Waals surface area contributed by atoms with Gasteiger partial charge in [0, 0.05) is 3.57 Å². The van der Waals surface area contributed by atoms with E-state index in [9.17, 15) is 4.79 Å². The molecule has 0 radical (unpaired) electrons. The average molecular weight is 495 g/mol. The minimum atomic E-state index is -0.754. The lowest BCUT2D eigenvalue weighted by Gasteiger charge is -2.13. The van der Waals surface area contributed by atoms with E-state index in [1.807, 2.05) is 31.2 Å². The van der Waals surface area contributed by atoms with Crippen LogP contribution in [-0.4, -0.2) is 17.8 Å². The number of hydrogen-bond acceptors (Lipinski definition) is 5. The Morgan fingerprint density at radius 3 is 2.14 bits per heavy atom.